The lowest BCUT2D eigenvalue weighted by molar-refractivity contribution is -0.123. The predicted octanol–water partition coefficient (Wildman–Crippen LogP) is 5.80. The molecular formula is C30H35ClN4O4. The van der Waals surface area contributed by atoms with E-state index >= 15 is 0 Å². The van der Waals surface area contributed by atoms with Crippen LogP contribution in [-0.4, -0.2) is 39.9 Å². The van der Waals surface area contributed by atoms with Crippen LogP contribution < -0.4 is 10.6 Å². The van der Waals surface area contributed by atoms with Crippen molar-refractivity contribution in [3.05, 3.63) is 70.9 Å². The van der Waals surface area contributed by atoms with Crippen molar-refractivity contribution in [3.8, 4) is 11.1 Å². The van der Waals surface area contributed by atoms with Gasteiger partial charge in [0.05, 0.1) is 6.04 Å². The molecule has 39 heavy (non-hydrogen) atoms. The van der Waals surface area contributed by atoms with E-state index in [9.17, 15) is 14.4 Å². The lowest BCUT2D eigenvalue weighted by Gasteiger charge is -2.32. The predicted molar refractivity (Wildman–Crippen MR) is 150 cm³/mol. The number of aromatic nitrogens is 2. The van der Waals surface area contributed by atoms with E-state index in [0.29, 0.717) is 35.7 Å². The maximum Gasteiger partial charge on any atom is 0.286 e. The number of Topliss-reactive ketones (excluding diaryl/α,β-unsaturated/α-hetero) is 1. The molecule has 0 radical (unpaired) electrons. The summed E-state index contributed by atoms with van der Waals surface area (Å²) < 4.78 is 5.42. The Bertz CT molecular complexity index is 1290. The van der Waals surface area contributed by atoms with Crippen molar-refractivity contribution in [1.82, 2.24) is 20.8 Å². The zero-order chi connectivity index (χ0) is 27.8. The SMILES string of the molecule is CCC[C@H](NC(=O)CC1CCCC[C@@H]1NC(=O)c1ccc(-c2ccccc2Cl)cc1)C(=O)c1nnc(CC)o1. The van der Waals surface area contributed by atoms with E-state index < -0.39 is 6.04 Å². The summed E-state index contributed by atoms with van der Waals surface area (Å²) >= 11 is 6.31. The highest BCUT2D eigenvalue weighted by molar-refractivity contribution is 6.33. The van der Waals surface area contributed by atoms with Crippen LogP contribution in [0.1, 0.15) is 85.7 Å². The molecule has 1 saturated carbocycles. The molecule has 4 rings (SSSR count). The van der Waals surface area contributed by atoms with Crippen LogP contribution in [0.2, 0.25) is 5.02 Å². The average Bonchev–Trinajstić information content (AvgIpc) is 3.43. The number of hydrogen-bond donors (Lipinski definition) is 2. The number of hydrogen-bond acceptors (Lipinski definition) is 6. The highest BCUT2D eigenvalue weighted by atomic mass is 35.5. The van der Waals surface area contributed by atoms with Gasteiger partial charge in [-0.05, 0) is 48.9 Å². The zero-order valence-corrected chi connectivity index (χ0v) is 23.2. The first-order valence-corrected chi connectivity index (χ1v) is 14.1. The summed E-state index contributed by atoms with van der Waals surface area (Å²) in [5.41, 5.74) is 2.40. The van der Waals surface area contributed by atoms with Crippen molar-refractivity contribution in [3.63, 3.8) is 0 Å². The van der Waals surface area contributed by atoms with Gasteiger partial charge in [-0.15, -0.1) is 10.2 Å². The van der Waals surface area contributed by atoms with Crippen LogP contribution in [0.15, 0.2) is 52.9 Å². The molecule has 206 valence electrons. The number of benzene rings is 2. The molecule has 2 N–H and O–H groups in total. The van der Waals surface area contributed by atoms with Gasteiger partial charge in [0.15, 0.2) is 0 Å². The standard InChI is InChI=1S/C30H35ClN4O4/c1-3-9-25(28(37)30-35-34-27(4-2)39-30)32-26(36)18-21-10-5-8-13-24(21)33-29(38)20-16-14-19(15-17-20)22-11-6-7-12-23(22)31/h6-7,11-12,14-17,21,24-25H,3-5,8-10,13,18H2,1-2H3,(H,32,36)(H,33,38)/t21?,24-,25-/m0/s1. The molecule has 0 saturated heterocycles. The lowest BCUT2D eigenvalue weighted by Crippen LogP contribution is -2.46. The second-order valence-corrected chi connectivity index (χ2v) is 10.4. The van der Waals surface area contributed by atoms with Crippen molar-refractivity contribution >= 4 is 29.2 Å². The second kappa shape index (κ2) is 13.5. The zero-order valence-electron chi connectivity index (χ0n) is 22.4. The van der Waals surface area contributed by atoms with E-state index in [2.05, 4.69) is 20.8 Å². The molecule has 3 aromatic rings. The van der Waals surface area contributed by atoms with Gasteiger partial charge in [0, 0.05) is 35.0 Å². The minimum Gasteiger partial charge on any atom is -0.418 e. The minimum atomic E-state index is -0.721. The van der Waals surface area contributed by atoms with Gasteiger partial charge in [-0.3, -0.25) is 14.4 Å². The average molecular weight is 551 g/mol. The van der Waals surface area contributed by atoms with Gasteiger partial charge in [-0.2, -0.15) is 0 Å². The molecule has 1 fully saturated rings. The summed E-state index contributed by atoms with van der Waals surface area (Å²) in [5, 5.41) is 14.4. The first kappa shape index (κ1) is 28.5. The number of nitrogens with zero attached hydrogens (tertiary/aromatic N) is 2. The van der Waals surface area contributed by atoms with Gasteiger partial charge in [0.1, 0.15) is 0 Å². The van der Waals surface area contributed by atoms with Gasteiger partial charge in [-0.1, -0.05) is 75.0 Å². The summed E-state index contributed by atoms with van der Waals surface area (Å²) in [4.78, 5) is 39.0. The molecule has 9 heteroatoms. The Hall–Kier alpha value is -3.52. The third-order valence-electron chi connectivity index (χ3n) is 7.21. The number of carbonyl (C=O) groups is 3. The molecule has 1 aliphatic rings. The second-order valence-electron chi connectivity index (χ2n) is 10.0. The van der Waals surface area contributed by atoms with Crippen LogP contribution in [0.4, 0.5) is 0 Å². The molecule has 0 spiro atoms. The fraction of sp³-hybridized carbons (Fsp3) is 0.433. The smallest absolute Gasteiger partial charge is 0.286 e. The number of halogens is 1. The van der Waals surface area contributed by atoms with Gasteiger partial charge in [-0.25, -0.2) is 0 Å². The van der Waals surface area contributed by atoms with Crippen LogP contribution in [0, 0.1) is 5.92 Å². The normalized spacial score (nSPS) is 17.8. The third kappa shape index (κ3) is 7.32. The van der Waals surface area contributed by atoms with Crippen LogP contribution in [0.5, 0.6) is 0 Å². The Balaban J connectivity index is 1.37. The van der Waals surface area contributed by atoms with Gasteiger partial charge in [0.25, 0.3) is 11.8 Å². The van der Waals surface area contributed by atoms with Crippen LogP contribution in [-0.2, 0) is 11.2 Å². The number of aryl methyl sites for hydroxylation is 1. The van der Waals surface area contributed by atoms with E-state index in [0.717, 1.165) is 36.8 Å². The first-order valence-electron chi connectivity index (χ1n) is 13.7. The number of amides is 2. The number of rotatable bonds is 11. The summed E-state index contributed by atoms with van der Waals surface area (Å²) in [6.07, 6.45) is 5.57. The topological polar surface area (TPSA) is 114 Å². The monoisotopic (exact) mass is 550 g/mol. The largest absolute Gasteiger partial charge is 0.418 e. The van der Waals surface area contributed by atoms with Gasteiger partial charge >= 0.3 is 0 Å². The third-order valence-corrected chi connectivity index (χ3v) is 7.54. The summed E-state index contributed by atoms with van der Waals surface area (Å²) in [6.45, 7) is 3.81. The van der Waals surface area contributed by atoms with Crippen molar-refractivity contribution < 1.29 is 18.8 Å². The summed E-state index contributed by atoms with van der Waals surface area (Å²) in [7, 11) is 0. The minimum absolute atomic E-state index is 0.0161. The molecule has 1 aromatic heterocycles. The van der Waals surface area contributed by atoms with Crippen LogP contribution in [0.25, 0.3) is 11.1 Å². The molecular weight excluding hydrogens is 516 g/mol. The molecule has 1 aliphatic carbocycles. The summed E-state index contributed by atoms with van der Waals surface area (Å²) in [6, 6.07) is 14.1. The number of ketones is 1. The van der Waals surface area contributed by atoms with E-state index in [1.165, 1.54) is 0 Å². The molecule has 0 aliphatic heterocycles. The Morgan fingerprint density at radius 2 is 1.77 bits per heavy atom. The maximum atomic E-state index is 13.1. The number of carbonyl (C=O) groups excluding carboxylic acids is 3. The highest BCUT2D eigenvalue weighted by Crippen LogP contribution is 2.29. The first-order chi connectivity index (χ1) is 18.9. The van der Waals surface area contributed by atoms with Gasteiger partial charge < -0.3 is 15.1 Å². The molecule has 0 bridgehead atoms. The Kier molecular flexibility index (Phi) is 9.87. The Labute approximate surface area is 233 Å². The molecule has 2 amide bonds. The van der Waals surface area contributed by atoms with E-state index in [4.69, 9.17) is 16.0 Å². The summed E-state index contributed by atoms with van der Waals surface area (Å²) in [5.74, 6) is -0.454. The quantitative estimate of drug-likeness (QED) is 0.292. The Morgan fingerprint density at radius 1 is 1.03 bits per heavy atom. The van der Waals surface area contributed by atoms with Crippen LogP contribution >= 0.6 is 11.6 Å². The molecule has 2 aromatic carbocycles. The lowest BCUT2D eigenvalue weighted by atomic mass is 9.82. The van der Waals surface area contributed by atoms with Crippen molar-refractivity contribution in [2.24, 2.45) is 5.92 Å². The maximum absolute atomic E-state index is 13.1. The Morgan fingerprint density at radius 3 is 2.46 bits per heavy atom. The van der Waals surface area contributed by atoms with E-state index in [1.54, 1.807) is 12.1 Å². The fourth-order valence-electron chi connectivity index (χ4n) is 5.08. The van der Waals surface area contributed by atoms with E-state index in [1.807, 2.05) is 50.2 Å². The number of nitrogens with one attached hydrogen (secondary N) is 2. The van der Waals surface area contributed by atoms with Crippen molar-refractivity contribution in [1.29, 1.82) is 0 Å². The molecule has 3 atom stereocenters. The molecule has 1 heterocycles. The molecule has 8 nitrogen and oxygen atoms in total. The highest BCUT2D eigenvalue weighted by Gasteiger charge is 2.31. The van der Waals surface area contributed by atoms with Crippen molar-refractivity contribution in [2.45, 2.75) is 77.3 Å². The van der Waals surface area contributed by atoms with Gasteiger partial charge in [0.2, 0.25) is 17.6 Å². The van der Waals surface area contributed by atoms with E-state index in [-0.39, 0.29) is 41.9 Å². The van der Waals surface area contributed by atoms with Crippen molar-refractivity contribution in [2.75, 3.05) is 0 Å². The molecule has 1 unspecified atom stereocenters. The fourth-order valence-corrected chi connectivity index (χ4v) is 5.33. The van der Waals surface area contributed by atoms with Crippen LogP contribution in [0.3, 0.4) is 0 Å².